The van der Waals surface area contributed by atoms with Crippen molar-refractivity contribution in [3.05, 3.63) is 12.7 Å². The van der Waals surface area contributed by atoms with Gasteiger partial charge in [-0.25, -0.2) is 8.42 Å². The zero-order chi connectivity index (χ0) is 17.7. The quantitative estimate of drug-likeness (QED) is 0.272. The number of aliphatic imine (C=N–C) groups is 1. The van der Waals surface area contributed by atoms with E-state index in [1.165, 1.54) is 19.3 Å². The molecule has 2 unspecified atom stereocenters. The van der Waals surface area contributed by atoms with Gasteiger partial charge in [0.15, 0.2) is 15.8 Å². The lowest BCUT2D eigenvalue weighted by atomic mass is 9.85. The third-order valence-corrected chi connectivity index (χ3v) is 7.52. The molecule has 3 saturated heterocycles. The largest absolute Gasteiger partial charge is 0.381 e. The summed E-state index contributed by atoms with van der Waals surface area (Å²) in [6.45, 7) is 8.90. The molecule has 150 valence electrons. The molecule has 0 amide bonds. The van der Waals surface area contributed by atoms with E-state index in [-0.39, 0.29) is 35.6 Å². The van der Waals surface area contributed by atoms with Crippen molar-refractivity contribution in [1.29, 1.82) is 0 Å². The van der Waals surface area contributed by atoms with E-state index < -0.39 is 9.84 Å². The summed E-state index contributed by atoms with van der Waals surface area (Å²) in [4.78, 5) is 7.11. The molecule has 3 heterocycles. The van der Waals surface area contributed by atoms with Gasteiger partial charge < -0.3 is 15.0 Å². The van der Waals surface area contributed by atoms with Crippen LogP contribution in [0.4, 0.5) is 0 Å². The van der Waals surface area contributed by atoms with Crippen molar-refractivity contribution >= 4 is 39.8 Å². The van der Waals surface area contributed by atoms with Crippen LogP contribution >= 0.6 is 24.0 Å². The summed E-state index contributed by atoms with van der Waals surface area (Å²) in [6, 6.07) is 0. The fraction of sp³-hybridized carbons (Fsp3) is 0.833. The molecule has 0 bridgehead atoms. The number of likely N-dealkylation sites (tertiary alicyclic amines) is 1. The van der Waals surface area contributed by atoms with Gasteiger partial charge in [0, 0.05) is 39.4 Å². The average Bonchev–Trinajstić information content (AvgIpc) is 3.22. The highest BCUT2D eigenvalue weighted by molar-refractivity contribution is 14.0. The summed E-state index contributed by atoms with van der Waals surface area (Å²) in [6.07, 6.45) is 6.13. The topological polar surface area (TPSA) is 71.0 Å². The molecule has 8 heteroatoms. The first-order chi connectivity index (χ1) is 12.1. The van der Waals surface area contributed by atoms with Gasteiger partial charge in [-0.3, -0.25) is 4.99 Å². The molecule has 2 atom stereocenters. The van der Waals surface area contributed by atoms with Gasteiger partial charge >= 0.3 is 0 Å². The van der Waals surface area contributed by atoms with Crippen molar-refractivity contribution in [2.75, 3.05) is 50.9 Å². The molecule has 0 aromatic rings. The van der Waals surface area contributed by atoms with E-state index in [0.29, 0.717) is 24.8 Å². The molecule has 0 aromatic heterocycles. The second-order valence-corrected chi connectivity index (χ2v) is 9.78. The standard InChI is InChI=1S/C18H31N3O3S.HI/c1-2-7-19-18(20-12-15-6-11-25(22,23)14-15)21-8-3-17(13-21)16-4-9-24-10-5-16;/h2,15-17H,1,3-14H2,(H,19,20);1H. The molecule has 0 saturated carbocycles. The maximum atomic E-state index is 11.6. The highest BCUT2D eigenvalue weighted by atomic mass is 127. The maximum absolute atomic E-state index is 11.6. The van der Waals surface area contributed by atoms with Gasteiger partial charge in [-0.15, -0.1) is 30.6 Å². The Morgan fingerprint density at radius 1 is 1.23 bits per heavy atom. The Morgan fingerprint density at radius 3 is 2.65 bits per heavy atom. The minimum Gasteiger partial charge on any atom is -0.381 e. The predicted octanol–water partition coefficient (Wildman–Crippen LogP) is 1.92. The lowest BCUT2D eigenvalue weighted by molar-refractivity contribution is 0.0488. The molecule has 3 fully saturated rings. The fourth-order valence-corrected chi connectivity index (χ4v) is 6.06. The minimum atomic E-state index is -2.83. The number of hydrogen-bond donors (Lipinski definition) is 1. The maximum Gasteiger partial charge on any atom is 0.194 e. The number of guanidine groups is 1. The van der Waals surface area contributed by atoms with Crippen LogP contribution in [0.1, 0.15) is 25.7 Å². The van der Waals surface area contributed by atoms with Crippen LogP contribution in [0.3, 0.4) is 0 Å². The van der Waals surface area contributed by atoms with Crippen LogP contribution < -0.4 is 5.32 Å². The number of nitrogens with zero attached hydrogens (tertiary/aromatic N) is 2. The number of halogens is 1. The van der Waals surface area contributed by atoms with Crippen molar-refractivity contribution in [2.45, 2.75) is 25.7 Å². The number of nitrogens with one attached hydrogen (secondary N) is 1. The zero-order valence-electron chi connectivity index (χ0n) is 15.4. The van der Waals surface area contributed by atoms with E-state index >= 15 is 0 Å². The van der Waals surface area contributed by atoms with Crippen molar-refractivity contribution in [3.63, 3.8) is 0 Å². The van der Waals surface area contributed by atoms with E-state index in [1.54, 1.807) is 0 Å². The van der Waals surface area contributed by atoms with Crippen LogP contribution in [0.5, 0.6) is 0 Å². The highest BCUT2D eigenvalue weighted by Crippen LogP contribution is 2.31. The van der Waals surface area contributed by atoms with Gasteiger partial charge in [-0.05, 0) is 43.4 Å². The minimum absolute atomic E-state index is 0. The van der Waals surface area contributed by atoms with Gasteiger partial charge in [0.05, 0.1) is 11.5 Å². The first kappa shape index (κ1) is 21.9. The summed E-state index contributed by atoms with van der Waals surface area (Å²) in [5.74, 6) is 3.16. The normalized spacial score (nSPS) is 29.4. The molecule has 3 aliphatic rings. The third kappa shape index (κ3) is 6.09. The second-order valence-electron chi connectivity index (χ2n) is 7.55. The van der Waals surface area contributed by atoms with E-state index in [1.807, 2.05) is 6.08 Å². The summed E-state index contributed by atoms with van der Waals surface area (Å²) < 4.78 is 28.8. The summed E-state index contributed by atoms with van der Waals surface area (Å²) >= 11 is 0. The Bertz CT molecular complexity index is 590. The summed E-state index contributed by atoms with van der Waals surface area (Å²) in [5.41, 5.74) is 0. The first-order valence-corrected chi connectivity index (χ1v) is 11.3. The van der Waals surface area contributed by atoms with Crippen molar-refractivity contribution in [3.8, 4) is 0 Å². The second kappa shape index (κ2) is 10.3. The molecular formula is C18H32IN3O3S. The Hall–Kier alpha value is -0.350. The van der Waals surface area contributed by atoms with Gasteiger partial charge in [0.2, 0.25) is 0 Å². The number of rotatable bonds is 5. The molecule has 3 rings (SSSR count). The molecule has 0 aliphatic carbocycles. The average molecular weight is 497 g/mol. The van der Waals surface area contributed by atoms with E-state index in [2.05, 4.69) is 16.8 Å². The predicted molar refractivity (Wildman–Crippen MR) is 116 cm³/mol. The number of ether oxygens (including phenoxy) is 1. The molecule has 3 aliphatic heterocycles. The Kier molecular flexibility index (Phi) is 8.66. The van der Waals surface area contributed by atoms with Crippen LogP contribution in [-0.2, 0) is 14.6 Å². The van der Waals surface area contributed by atoms with E-state index in [4.69, 9.17) is 9.73 Å². The molecule has 0 spiro atoms. The lowest BCUT2D eigenvalue weighted by Gasteiger charge is -2.28. The summed E-state index contributed by atoms with van der Waals surface area (Å²) in [5, 5.41) is 3.36. The van der Waals surface area contributed by atoms with Gasteiger partial charge in [0.25, 0.3) is 0 Å². The van der Waals surface area contributed by atoms with Gasteiger partial charge in [0.1, 0.15) is 0 Å². The van der Waals surface area contributed by atoms with Crippen LogP contribution in [0.15, 0.2) is 17.6 Å². The first-order valence-electron chi connectivity index (χ1n) is 9.50. The fourth-order valence-electron chi connectivity index (χ4n) is 4.21. The molecule has 1 N–H and O–H groups in total. The van der Waals surface area contributed by atoms with Crippen LogP contribution in [0.2, 0.25) is 0 Å². The van der Waals surface area contributed by atoms with Crippen molar-refractivity contribution in [2.24, 2.45) is 22.7 Å². The van der Waals surface area contributed by atoms with Crippen LogP contribution in [-0.4, -0.2) is 70.2 Å². The third-order valence-electron chi connectivity index (χ3n) is 5.69. The number of hydrogen-bond acceptors (Lipinski definition) is 4. The summed E-state index contributed by atoms with van der Waals surface area (Å²) in [7, 11) is -2.83. The SMILES string of the molecule is C=CCNC(=NCC1CCS(=O)(=O)C1)N1CCC(C2CCOCC2)C1.I. The van der Waals surface area contributed by atoms with Crippen LogP contribution in [0.25, 0.3) is 0 Å². The van der Waals surface area contributed by atoms with Gasteiger partial charge in [-0.2, -0.15) is 0 Å². The molecule has 0 aromatic carbocycles. The Labute approximate surface area is 174 Å². The highest BCUT2D eigenvalue weighted by Gasteiger charge is 2.32. The molecule has 0 radical (unpaired) electrons. The smallest absolute Gasteiger partial charge is 0.194 e. The molecule has 26 heavy (non-hydrogen) atoms. The van der Waals surface area contributed by atoms with Crippen molar-refractivity contribution in [1.82, 2.24) is 10.2 Å². The van der Waals surface area contributed by atoms with Crippen molar-refractivity contribution < 1.29 is 13.2 Å². The number of sulfone groups is 1. The van der Waals surface area contributed by atoms with E-state index in [0.717, 1.165) is 44.6 Å². The lowest BCUT2D eigenvalue weighted by Crippen LogP contribution is -2.41. The van der Waals surface area contributed by atoms with E-state index in [9.17, 15) is 8.42 Å². The monoisotopic (exact) mass is 497 g/mol. The molecule has 6 nitrogen and oxygen atoms in total. The Balaban J connectivity index is 0.00000243. The van der Waals surface area contributed by atoms with Gasteiger partial charge in [-0.1, -0.05) is 6.08 Å². The molecular weight excluding hydrogens is 465 g/mol. The Morgan fingerprint density at radius 2 is 2.00 bits per heavy atom. The van der Waals surface area contributed by atoms with Crippen LogP contribution in [0, 0.1) is 17.8 Å². The zero-order valence-corrected chi connectivity index (χ0v) is 18.6.